The highest BCUT2D eigenvalue weighted by molar-refractivity contribution is 5.90. The molecule has 0 spiro atoms. The number of ether oxygens (including phenoxy) is 1. The van der Waals surface area contributed by atoms with E-state index in [1.165, 1.54) is 5.56 Å². The summed E-state index contributed by atoms with van der Waals surface area (Å²) in [7, 11) is 0. The first-order valence-corrected chi connectivity index (χ1v) is 8.52. The van der Waals surface area contributed by atoms with Crippen LogP contribution in [0.3, 0.4) is 0 Å². The van der Waals surface area contributed by atoms with Gasteiger partial charge in [-0.25, -0.2) is 0 Å². The van der Waals surface area contributed by atoms with Crippen LogP contribution < -0.4 is 10.1 Å². The van der Waals surface area contributed by atoms with E-state index in [0.29, 0.717) is 18.9 Å². The number of hydrogen-bond acceptors (Lipinski definition) is 5. The van der Waals surface area contributed by atoms with Crippen molar-refractivity contribution < 1.29 is 13.9 Å². The average Bonchev–Trinajstić information content (AvgIpc) is 3.05. The van der Waals surface area contributed by atoms with Crippen LogP contribution in [-0.2, 0) is 17.6 Å². The molecule has 3 rings (SSSR count). The van der Waals surface area contributed by atoms with E-state index in [0.717, 1.165) is 16.9 Å². The number of nitrogens with one attached hydrogen (secondary N) is 1. The van der Waals surface area contributed by atoms with Gasteiger partial charge in [0.05, 0.1) is 19.4 Å². The molecule has 134 valence electrons. The lowest BCUT2D eigenvalue weighted by Gasteiger charge is -2.04. The number of amides is 1. The summed E-state index contributed by atoms with van der Waals surface area (Å²) in [5, 5.41) is 10.5. The van der Waals surface area contributed by atoms with Crippen molar-refractivity contribution in [2.75, 3.05) is 11.9 Å². The smallest absolute Gasteiger partial charge is 0.322 e. The number of nitrogens with zero attached hydrogens (tertiary/aromatic N) is 2. The van der Waals surface area contributed by atoms with Gasteiger partial charge in [-0.2, -0.15) is 0 Å². The Morgan fingerprint density at radius 3 is 2.42 bits per heavy atom. The molecule has 0 unspecified atom stereocenters. The molecule has 0 saturated heterocycles. The molecule has 2 aromatic carbocycles. The highest BCUT2D eigenvalue weighted by Gasteiger charge is 2.11. The minimum Gasteiger partial charge on any atom is -0.494 e. The molecular weight excluding hydrogens is 330 g/mol. The van der Waals surface area contributed by atoms with Gasteiger partial charge < -0.3 is 9.15 Å². The van der Waals surface area contributed by atoms with E-state index >= 15 is 0 Å². The van der Waals surface area contributed by atoms with Crippen molar-refractivity contribution in [2.24, 2.45) is 0 Å². The fourth-order valence-electron chi connectivity index (χ4n) is 2.48. The molecule has 0 radical (unpaired) electrons. The maximum atomic E-state index is 12.1. The van der Waals surface area contributed by atoms with Crippen molar-refractivity contribution in [3.05, 3.63) is 71.1 Å². The number of benzene rings is 2. The predicted molar refractivity (Wildman–Crippen MR) is 98.2 cm³/mol. The molecule has 6 heteroatoms. The van der Waals surface area contributed by atoms with Crippen LogP contribution in [0.5, 0.6) is 5.75 Å². The topological polar surface area (TPSA) is 77.2 Å². The second-order valence-electron chi connectivity index (χ2n) is 5.97. The zero-order valence-corrected chi connectivity index (χ0v) is 14.9. The summed E-state index contributed by atoms with van der Waals surface area (Å²) in [4.78, 5) is 12.1. The van der Waals surface area contributed by atoms with E-state index in [1.807, 2.05) is 62.4 Å². The molecule has 0 aliphatic heterocycles. The van der Waals surface area contributed by atoms with Crippen LogP contribution in [0.25, 0.3) is 0 Å². The van der Waals surface area contributed by atoms with Crippen molar-refractivity contribution in [3.63, 3.8) is 0 Å². The summed E-state index contributed by atoms with van der Waals surface area (Å²) in [6, 6.07) is 15.6. The third-order valence-electron chi connectivity index (χ3n) is 3.79. The van der Waals surface area contributed by atoms with E-state index in [1.54, 1.807) is 0 Å². The van der Waals surface area contributed by atoms with Crippen molar-refractivity contribution in [1.29, 1.82) is 0 Å². The van der Waals surface area contributed by atoms with Crippen molar-refractivity contribution in [3.8, 4) is 5.75 Å². The number of aromatic nitrogens is 2. The molecule has 6 nitrogen and oxygen atoms in total. The fourth-order valence-corrected chi connectivity index (χ4v) is 2.48. The predicted octanol–water partition coefficient (Wildman–Crippen LogP) is 3.55. The van der Waals surface area contributed by atoms with E-state index in [2.05, 4.69) is 15.5 Å². The maximum absolute atomic E-state index is 12.1. The molecule has 0 aliphatic rings. The molecule has 3 aromatic rings. The summed E-state index contributed by atoms with van der Waals surface area (Å²) in [6.07, 6.45) is 0.754. The van der Waals surface area contributed by atoms with Crippen LogP contribution in [-0.4, -0.2) is 22.7 Å². The SMILES string of the molecule is CCOc1ccc(CC(=O)Nc2nnc(Cc3ccc(C)cc3)o2)cc1. The molecule has 1 aromatic heterocycles. The van der Waals surface area contributed by atoms with Gasteiger partial charge in [-0.1, -0.05) is 47.1 Å². The Kier molecular flexibility index (Phi) is 5.63. The highest BCUT2D eigenvalue weighted by atomic mass is 16.5. The molecule has 0 bridgehead atoms. The number of aryl methyl sites for hydroxylation is 1. The van der Waals surface area contributed by atoms with Crippen molar-refractivity contribution >= 4 is 11.9 Å². The van der Waals surface area contributed by atoms with E-state index in [9.17, 15) is 4.79 Å². The van der Waals surface area contributed by atoms with Gasteiger partial charge in [0.15, 0.2) is 0 Å². The Labute approximate surface area is 152 Å². The summed E-state index contributed by atoms with van der Waals surface area (Å²) in [5.41, 5.74) is 3.15. The van der Waals surface area contributed by atoms with Crippen LogP contribution in [0.2, 0.25) is 0 Å². The van der Waals surface area contributed by atoms with Gasteiger partial charge in [0.25, 0.3) is 0 Å². The van der Waals surface area contributed by atoms with Crippen molar-refractivity contribution in [1.82, 2.24) is 10.2 Å². The minimum absolute atomic E-state index is 0.114. The Bertz CT molecular complexity index is 855. The second kappa shape index (κ2) is 8.29. The van der Waals surface area contributed by atoms with Crippen LogP contribution >= 0.6 is 0 Å². The highest BCUT2D eigenvalue weighted by Crippen LogP contribution is 2.14. The Hall–Kier alpha value is -3.15. The van der Waals surface area contributed by atoms with Gasteiger partial charge >= 0.3 is 6.01 Å². The molecule has 26 heavy (non-hydrogen) atoms. The Balaban J connectivity index is 1.54. The molecule has 0 fully saturated rings. The maximum Gasteiger partial charge on any atom is 0.322 e. The quantitative estimate of drug-likeness (QED) is 0.704. The zero-order chi connectivity index (χ0) is 18.4. The van der Waals surface area contributed by atoms with Crippen LogP contribution in [0.1, 0.15) is 29.5 Å². The van der Waals surface area contributed by atoms with Crippen LogP contribution in [0.15, 0.2) is 52.9 Å². The average molecular weight is 351 g/mol. The lowest BCUT2D eigenvalue weighted by molar-refractivity contribution is -0.115. The third-order valence-corrected chi connectivity index (χ3v) is 3.79. The number of carbonyl (C=O) groups is 1. The normalized spacial score (nSPS) is 10.5. The summed E-state index contributed by atoms with van der Waals surface area (Å²) in [6.45, 7) is 4.58. The van der Waals surface area contributed by atoms with Gasteiger partial charge in [-0.15, -0.1) is 5.10 Å². The van der Waals surface area contributed by atoms with Gasteiger partial charge in [-0.3, -0.25) is 10.1 Å². The van der Waals surface area contributed by atoms with Crippen LogP contribution in [0, 0.1) is 6.92 Å². The first kappa shape index (κ1) is 17.7. The number of carbonyl (C=O) groups excluding carboxylic acids is 1. The van der Waals surface area contributed by atoms with Gasteiger partial charge in [0.1, 0.15) is 5.75 Å². The fraction of sp³-hybridized carbons (Fsp3) is 0.250. The third kappa shape index (κ3) is 4.92. The van der Waals surface area contributed by atoms with Crippen molar-refractivity contribution in [2.45, 2.75) is 26.7 Å². The first-order valence-electron chi connectivity index (χ1n) is 8.52. The Morgan fingerprint density at radius 1 is 1.04 bits per heavy atom. The van der Waals surface area contributed by atoms with Gasteiger partial charge in [0.2, 0.25) is 11.8 Å². The second-order valence-corrected chi connectivity index (χ2v) is 5.97. The molecule has 0 aliphatic carbocycles. The van der Waals surface area contributed by atoms with E-state index < -0.39 is 0 Å². The monoisotopic (exact) mass is 351 g/mol. The van der Waals surface area contributed by atoms with E-state index in [-0.39, 0.29) is 18.3 Å². The molecule has 0 saturated carbocycles. The van der Waals surface area contributed by atoms with Crippen LogP contribution in [0.4, 0.5) is 6.01 Å². The molecule has 1 amide bonds. The largest absolute Gasteiger partial charge is 0.494 e. The number of anilines is 1. The number of hydrogen-bond donors (Lipinski definition) is 1. The first-order chi connectivity index (χ1) is 12.6. The summed E-state index contributed by atoms with van der Waals surface area (Å²) >= 11 is 0. The standard InChI is InChI=1S/C20H21N3O3/c1-3-25-17-10-8-15(9-11-17)12-18(24)21-20-23-22-19(26-20)13-16-6-4-14(2)5-7-16/h4-11H,3,12-13H2,1-2H3,(H,21,23,24). The molecule has 1 N–H and O–H groups in total. The van der Waals surface area contributed by atoms with E-state index in [4.69, 9.17) is 9.15 Å². The molecular formula is C20H21N3O3. The summed E-state index contributed by atoms with van der Waals surface area (Å²) in [5.74, 6) is 1.04. The van der Waals surface area contributed by atoms with Gasteiger partial charge in [-0.05, 0) is 37.1 Å². The summed E-state index contributed by atoms with van der Waals surface area (Å²) < 4.78 is 10.9. The Morgan fingerprint density at radius 2 is 1.73 bits per heavy atom. The lowest BCUT2D eigenvalue weighted by atomic mass is 10.1. The lowest BCUT2D eigenvalue weighted by Crippen LogP contribution is -2.14. The minimum atomic E-state index is -0.209. The number of rotatable bonds is 7. The molecule has 0 atom stereocenters. The van der Waals surface area contributed by atoms with Gasteiger partial charge in [0, 0.05) is 0 Å². The zero-order valence-electron chi connectivity index (χ0n) is 14.9. The molecule has 1 heterocycles.